The predicted octanol–water partition coefficient (Wildman–Crippen LogP) is 17.7. The summed E-state index contributed by atoms with van der Waals surface area (Å²) in [4.78, 5) is 37.6. The second-order valence-corrected chi connectivity index (χ2v) is 22.6. The molecule has 0 saturated carbocycles. The molecule has 0 aliphatic heterocycles. The highest BCUT2D eigenvalue weighted by molar-refractivity contribution is 7.47. The Hall–Kier alpha value is -2.03. The minimum absolute atomic E-state index is 0.0388. The van der Waals surface area contributed by atoms with Crippen molar-refractivity contribution in [2.75, 3.05) is 40.9 Å². The number of nitrogens with zero attached hydrogens (tertiary/aromatic N) is 1. The molecule has 410 valence electrons. The molecule has 3 atom stereocenters. The van der Waals surface area contributed by atoms with Gasteiger partial charge in [-0.25, -0.2) is 4.57 Å². The Morgan fingerprint density at radius 2 is 0.871 bits per heavy atom. The first-order valence-corrected chi connectivity index (χ1v) is 31.0. The zero-order chi connectivity index (χ0) is 51.5. The van der Waals surface area contributed by atoms with E-state index < -0.39 is 20.0 Å². The second-order valence-electron chi connectivity index (χ2n) is 21.2. The molecule has 0 fully saturated rings. The smallest absolute Gasteiger partial charge is 0.456 e. The van der Waals surface area contributed by atoms with Crippen LogP contribution in [-0.2, 0) is 27.9 Å². The number of carbonyl (C=O) groups is 2. The van der Waals surface area contributed by atoms with E-state index in [9.17, 15) is 19.0 Å². The van der Waals surface area contributed by atoms with Crippen molar-refractivity contribution in [3.8, 4) is 0 Å². The van der Waals surface area contributed by atoms with Crippen molar-refractivity contribution in [1.29, 1.82) is 0 Å². The first-order chi connectivity index (χ1) is 33.9. The van der Waals surface area contributed by atoms with Gasteiger partial charge in [0.1, 0.15) is 19.3 Å². The standard InChI is InChI=1S/C60H113N2O7P/c1-7-10-13-16-19-22-25-27-29-30-31-32-33-35-38-41-44-47-50-53-60(64)69-58(51-48-45-42-39-36-24-21-18-15-12-9-3)57(56-68-70(65,66)67-55-54-62(4,5)6)61-59(63)52-49-46-43-40-37-34-28-26-23-20-17-14-11-8-2/h19,22,27,29,31-32,48,51,57-58H,7-18,20-21,23-26,28,30,33-47,49-50,52-56H2,1-6H3,(H-,61,63,65,66)/p+1/b22-19-,29-27-,32-31-,51-48+. The lowest BCUT2D eigenvalue weighted by Gasteiger charge is -2.27. The van der Waals surface area contributed by atoms with Gasteiger partial charge in [-0.3, -0.25) is 18.6 Å². The van der Waals surface area contributed by atoms with Crippen LogP contribution in [0, 0.1) is 0 Å². The third-order valence-electron chi connectivity index (χ3n) is 13.0. The van der Waals surface area contributed by atoms with Gasteiger partial charge in [0.25, 0.3) is 0 Å². The van der Waals surface area contributed by atoms with Crippen molar-refractivity contribution >= 4 is 19.7 Å². The normalized spacial score (nSPS) is 14.1. The highest BCUT2D eigenvalue weighted by atomic mass is 31.2. The lowest BCUT2D eigenvalue weighted by atomic mass is 10.0. The van der Waals surface area contributed by atoms with Crippen LogP contribution < -0.4 is 5.32 Å². The van der Waals surface area contributed by atoms with Gasteiger partial charge in [-0.1, -0.05) is 237 Å². The van der Waals surface area contributed by atoms with Crippen molar-refractivity contribution < 1.29 is 37.3 Å². The van der Waals surface area contributed by atoms with Crippen LogP contribution in [0.3, 0.4) is 0 Å². The number of phosphoric ester groups is 1. The Morgan fingerprint density at radius 1 is 0.500 bits per heavy atom. The zero-order valence-electron chi connectivity index (χ0n) is 46.8. The molecular formula is C60H114N2O7P+. The number of ether oxygens (including phenoxy) is 1. The lowest BCUT2D eigenvalue weighted by Crippen LogP contribution is -2.47. The molecule has 0 aromatic rings. The summed E-state index contributed by atoms with van der Waals surface area (Å²) in [5.41, 5.74) is 0. The van der Waals surface area contributed by atoms with Crippen molar-refractivity contribution in [3.63, 3.8) is 0 Å². The number of carbonyl (C=O) groups excluding carboxylic acids is 2. The van der Waals surface area contributed by atoms with Crippen molar-refractivity contribution in [1.82, 2.24) is 5.32 Å². The molecule has 0 saturated heterocycles. The van der Waals surface area contributed by atoms with E-state index in [1.165, 1.54) is 154 Å². The van der Waals surface area contributed by atoms with Crippen LogP contribution in [0.25, 0.3) is 0 Å². The Labute approximate surface area is 433 Å². The minimum Gasteiger partial charge on any atom is -0.456 e. The molecule has 0 aromatic carbocycles. The van der Waals surface area contributed by atoms with E-state index >= 15 is 0 Å². The fourth-order valence-corrected chi connectivity index (χ4v) is 9.15. The summed E-state index contributed by atoms with van der Waals surface area (Å²) in [5, 5.41) is 3.05. The number of likely N-dealkylation sites (N-methyl/N-ethyl adjacent to an activating group) is 1. The van der Waals surface area contributed by atoms with E-state index in [2.05, 4.69) is 62.5 Å². The maximum absolute atomic E-state index is 13.5. The maximum Gasteiger partial charge on any atom is 0.472 e. The monoisotopic (exact) mass is 1010 g/mol. The molecule has 10 heteroatoms. The number of amides is 1. The maximum atomic E-state index is 13.5. The molecule has 0 radical (unpaired) electrons. The topological polar surface area (TPSA) is 111 Å². The molecule has 2 N–H and O–H groups in total. The van der Waals surface area contributed by atoms with E-state index in [-0.39, 0.29) is 31.5 Å². The largest absolute Gasteiger partial charge is 0.472 e. The van der Waals surface area contributed by atoms with Gasteiger partial charge in [0.05, 0.1) is 33.8 Å². The number of phosphoric acid groups is 1. The molecule has 0 heterocycles. The van der Waals surface area contributed by atoms with Gasteiger partial charge in [-0.2, -0.15) is 0 Å². The fraction of sp³-hybridized carbons (Fsp3) is 0.833. The molecule has 1 amide bonds. The number of allylic oxidation sites excluding steroid dienone is 7. The van der Waals surface area contributed by atoms with Gasteiger partial charge in [0, 0.05) is 12.8 Å². The lowest BCUT2D eigenvalue weighted by molar-refractivity contribution is -0.870. The SMILES string of the molecule is CCCCC/C=C\C/C=C\C/C=C\CCCCCCCCC(=O)OC(/C=C/CCCCCCCCCCC)C(COP(=O)(O)OCC[N+](C)(C)C)NC(=O)CCCCCCCCCCCCCCCC. The van der Waals surface area contributed by atoms with Crippen LogP contribution in [0.4, 0.5) is 0 Å². The molecule has 0 bridgehead atoms. The van der Waals surface area contributed by atoms with Gasteiger partial charge in [0.15, 0.2) is 0 Å². The summed E-state index contributed by atoms with van der Waals surface area (Å²) in [7, 11) is 1.49. The molecule has 0 rings (SSSR count). The third-order valence-corrected chi connectivity index (χ3v) is 14.0. The number of nitrogens with one attached hydrogen (secondary N) is 1. The number of unbranched alkanes of at least 4 members (excludes halogenated alkanes) is 31. The number of rotatable bonds is 53. The molecule has 9 nitrogen and oxygen atoms in total. The Bertz CT molecular complexity index is 1340. The zero-order valence-corrected chi connectivity index (χ0v) is 47.7. The van der Waals surface area contributed by atoms with E-state index in [1.807, 2.05) is 33.3 Å². The quantitative estimate of drug-likeness (QED) is 0.0205. The highest BCUT2D eigenvalue weighted by Gasteiger charge is 2.30. The van der Waals surface area contributed by atoms with E-state index in [4.69, 9.17) is 13.8 Å². The fourth-order valence-electron chi connectivity index (χ4n) is 8.42. The Kier molecular flexibility index (Phi) is 49.0. The molecular weight excluding hydrogens is 892 g/mol. The summed E-state index contributed by atoms with van der Waals surface area (Å²) in [6.07, 6.45) is 61.0. The summed E-state index contributed by atoms with van der Waals surface area (Å²) in [6, 6.07) is -0.850. The highest BCUT2D eigenvalue weighted by Crippen LogP contribution is 2.43. The van der Waals surface area contributed by atoms with Crippen LogP contribution in [-0.4, -0.2) is 74.3 Å². The van der Waals surface area contributed by atoms with Crippen LogP contribution >= 0.6 is 7.82 Å². The molecule has 0 spiro atoms. The minimum atomic E-state index is -4.44. The van der Waals surface area contributed by atoms with Crippen LogP contribution in [0.15, 0.2) is 48.6 Å². The summed E-state index contributed by atoms with van der Waals surface area (Å²) >= 11 is 0. The predicted molar refractivity (Wildman–Crippen MR) is 300 cm³/mol. The molecule has 0 aliphatic rings. The third kappa shape index (κ3) is 50.9. The average Bonchev–Trinajstić information content (AvgIpc) is 3.32. The first kappa shape index (κ1) is 68.0. The number of hydrogen-bond donors (Lipinski definition) is 2. The van der Waals surface area contributed by atoms with Crippen LogP contribution in [0.1, 0.15) is 271 Å². The second kappa shape index (κ2) is 50.5. The van der Waals surface area contributed by atoms with Gasteiger partial charge in [-0.05, 0) is 70.3 Å². The molecule has 0 aromatic heterocycles. The van der Waals surface area contributed by atoms with Crippen molar-refractivity contribution in [2.45, 2.75) is 283 Å². The van der Waals surface area contributed by atoms with Gasteiger partial charge in [-0.15, -0.1) is 0 Å². The molecule has 3 unspecified atom stereocenters. The number of quaternary nitrogens is 1. The van der Waals surface area contributed by atoms with E-state index in [0.717, 1.165) is 83.5 Å². The van der Waals surface area contributed by atoms with Gasteiger partial charge < -0.3 is 19.4 Å². The number of esters is 1. The van der Waals surface area contributed by atoms with Gasteiger partial charge in [0.2, 0.25) is 5.91 Å². The molecule has 0 aliphatic carbocycles. The Morgan fingerprint density at radius 3 is 1.33 bits per heavy atom. The first-order valence-electron chi connectivity index (χ1n) is 29.5. The van der Waals surface area contributed by atoms with Gasteiger partial charge >= 0.3 is 13.8 Å². The van der Waals surface area contributed by atoms with Crippen molar-refractivity contribution in [3.05, 3.63) is 48.6 Å². The van der Waals surface area contributed by atoms with E-state index in [1.54, 1.807) is 0 Å². The van der Waals surface area contributed by atoms with Crippen molar-refractivity contribution in [2.24, 2.45) is 0 Å². The summed E-state index contributed by atoms with van der Waals surface area (Å²) in [6.45, 7) is 6.98. The average molecular weight is 1010 g/mol. The Balaban J connectivity index is 5.29. The molecule has 70 heavy (non-hydrogen) atoms. The van der Waals surface area contributed by atoms with Crippen LogP contribution in [0.5, 0.6) is 0 Å². The van der Waals surface area contributed by atoms with E-state index in [0.29, 0.717) is 17.4 Å². The summed E-state index contributed by atoms with van der Waals surface area (Å²) < 4.78 is 30.6. The van der Waals surface area contributed by atoms with Crippen LogP contribution in [0.2, 0.25) is 0 Å². The number of hydrogen-bond acceptors (Lipinski definition) is 6. The summed E-state index contributed by atoms with van der Waals surface area (Å²) in [5.74, 6) is -0.513.